The molecule has 0 saturated heterocycles. The van der Waals surface area contributed by atoms with Crippen molar-refractivity contribution in [2.24, 2.45) is 7.05 Å². The number of hydrogen-bond donors (Lipinski definition) is 1. The van der Waals surface area contributed by atoms with Gasteiger partial charge in [0, 0.05) is 12.6 Å². The number of nitrogens with one attached hydrogen (secondary N) is 1. The molecule has 1 amide bonds. The Labute approximate surface area is 182 Å². The Morgan fingerprint density at radius 3 is 2.54 bits per heavy atom. The Morgan fingerprint density at radius 2 is 1.93 bits per heavy atom. The van der Waals surface area contributed by atoms with Crippen LogP contribution in [0.4, 0.5) is 4.79 Å². The third kappa shape index (κ3) is 5.67. The number of rotatable bonds is 7. The van der Waals surface area contributed by atoms with E-state index in [0.717, 1.165) is 4.57 Å². The molecule has 0 bridgehead atoms. The number of carbonyl (C=O) groups is 2. The SMILES string of the molecule is CCCOc1nn(C(=O)NS(=O)(=O)Cc2ccccc2C(=O)[O-])c(=O)n1C.[Na+]. The second kappa shape index (κ2) is 9.87. The minimum Gasteiger partial charge on any atom is -0.545 e. The van der Waals surface area contributed by atoms with Crippen LogP contribution in [-0.2, 0) is 22.8 Å². The Hall–Kier alpha value is -2.15. The van der Waals surface area contributed by atoms with Gasteiger partial charge in [0.1, 0.15) is 0 Å². The van der Waals surface area contributed by atoms with Crippen molar-refractivity contribution >= 4 is 22.0 Å². The normalized spacial score (nSPS) is 10.8. The number of nitrogens with zero attached hydrogens (tertiary/aromatic N) is 3. The number of carboxylic acids is 1. The van der Waals surface area contributed by atoms with Crippen LogP contribution in [0.25, 0.3) is 0 Å². The van der Waals surface area contributed by atoms with Gasteiger partial charge in [-0.2, -0.15) is 0 Å². The Balaban J connectivity index is 0.00000392. The van der Waals surface area contributed by atoms with Gasteiger partial charge < -0.3 is 14.6 Å². The second-order valence-corrected chi connectivity index (χ2v) is 7.22. The molecule has 11 nitrogen and oxygen atoms in total. The van der Waals surface area contributed by atoms with Gasteiger partial charge in [0.25, 0.3) is 0 Å². The fraction of sp³-hybridized carbons (Fsp3) is 0.333. The molecule has 0 radical (unpaired) electrons. The average molecular weight is 420 g/mol. The fourth-order valence-corrected chi connectivity index (χ4v) is 3.22. The van der Waals surface area contributed by atoms with E-state index in [-0.39, 0.29) is 53.3 Å². The molecule has 2 rings (SSSR count). The molecule has 0 aliphatic heterocycles. The fourth-order valence-electron chi connectivity index (χ4n) is 2.13. The van der Waals surface area contributed by atoms with Gasteiger partial charge in [-0.15, -0.1) is 9.78 Å². The van der Waals surface area contributed by atoms with Crippen LogP contribution < -0.4 is 49.8 Å². The summed E-state index contributed by atoms with van der Waals surface area (Å²) in [6, 6.07) is 3.86. The maximum absolute atomic E-state index is 12.2. The van der Waals surface area contributed by atoms with Gasteiger partial charge in [-0.1, -0.05) is 31.2 Å². The molecule has 1 aromatic heterocycles. The van der Waals surface area contributed by atoms with Crippen molar-refractivity contribution < 1.29 is 57.4 Å². The van der Waals surface area contributed by atoms with Gasteiger partial charge in [-0.3, -0.25) is 0 Å². The van der Waals surface area contributed by atoms with E-state index >= 15 is 0 Å². The predicted octanol–water partition coefficient (Wildman–Crippen LogP) is -4.17. The minimum atomic E-state index is -4.32. The van der Waals surface area contributed by atoms with E-state index in [0.29, 0.717) is 11.1 Å². The topological polar surface area (TPSA) is 152 Å². The number of aromatic nitrogens is 3. The quantitative estimate of drug-likeness (QED) is 0.443. The summed E-state index contributed by atoms with van der Waals surface area (Å²) < 4.78 is 32.5. The molecule has 0 aliphatic rings. The number of sulfonamides is 1. The van der Waals surface area contributed by atoms with E-state index in [4.69, 9.17) is 4.74 Å². The molecule has 0 spiro atoms. The Kier molecular flexibility index (Phi) is 8.42. The molecule has 13 heteroatoms. The van der Waals surface area contributed by atoms with Crippen LogP contribution in [0.1, 0.15) is 29.3 Å². The van der Waals surface area contributed by atoms with Gasteiger partial charge in [-0.25, -0.2) is 27.3 Å². The summed E-state index contributed by atoms with van der Waals surface area (Å²) in [4.78, 5) is 35.2. The first-order chi connectivity index (χ1) is 12.7. The number of hydrogen-bond acceptors (Lipinski definition) is 8. The number of amides is 1. The smallest absolute Gasteiger partial charge is 0.545 e. The minimum absolute atomic E-state index is 0. The molecule has 28 heavy (non-hydrogen) atoms. The van der Waals surface area contributed by atoms with E-state index in [2.05, 4.69) is 5.10 Å². The summed E-state index contributed by atoms with van der Waals surface area (Å²) in [6.45, 7) is 2.09. The summed E-state index contributed by atoms with van der Waals surface area (Å²) in [5, 5.41) is 14.7. The molecular formula is C15H17N4NaO7S. The van der Waals surface area contributed by atoms with Crippen LogP contribution in [0.3, 0.4) is 0 Å². The molecule has 0 aliphatic carbocycles. The van der Waals surface area contributed by atoms with Crippen molar-refractivity contribution in [2.45, 2.75) is 19.1 Å². The van der Waals surface area contributed by atoms with Crippen LogP contribution in [0.15, 0.2) is 29.1 Å². The molecule has 0 fully saturated rings. The summed E-state index contributed by atoms with van der Waals surface area (Å²) >= 11 is 0. The first-order valence-electron chi connectivity index (χ1n) is 7.79. The standard InChI is InChI=1S/C15H18N4O7S.Na/c1-3-8-26-14-16-19(15(23)18(14)2)13(22)17-27(24,25)9-10-6-4-5-7-11(10)12(20)21;/h4-7H,3,8-9H2,1-2H3,(H,17,22)(H,20,21);/q;+1/p-1. The van der Waals surface area contributed by atoms with Gasteiger partial charge >= 0.3 is 47.3 Å². The Morgan fingerprint density at radius 1 is 1.29 bits per heavy atom. The molecule has 1 heterocycles. The molecule has 0 atom stereocenters. The van der Waals surface area contributed by atoms with Gasteiger partial charge in [0.15, 0.2) is 0 Å². The van der Waals surface area contributed by atoms with E-state index < -0.39 is 33.5 Å². The number of benzene rings is 1. The predicted molar refractivity (Wildman–Crippen MR) is 90.6 cm³/mol. The zero-order valence-corrected chi connectivity index (χ0v) is 18.4. The molecule has 2 aromatic rings. The first-order valence-corrected chi connectivity index (χ1v) is 9.44. The van der Waals surface area contributed by atoms with Crippen molar-refractivity contribution in [1.29, 1.82) is 0 Å². The second-order valence-electron chi connectivity index (χ2n) is 5.50. The summed E-state index contributed by atoms with van der Waals surface area (Å²) in [5.74, 6) is -2.35. The molecule has 1 aromatic carbocycles. The maximum atomic E-state index is 12.2. The third-order valence-corrected chi connectivity index (χ3v) is 4.57. The maximum Gasteiger partial charge on any atom is 1.00 e. The number of ether oxygens (including phenoxy) is 1. The van der Waals surface area contributed by atoms with Crippen molar-refractivity contribution in [1.82, 2.24) is 19.1 Å². The largest absolute Gasteiger partial charge is 1.00 e. The van der Waals surface area contributed by atoms with E-state index in [1.165, 1.54) is 31.3 Å². The number of carbonyl (C=O) groups excluding carboxylic acids is 2. The first kappa shape index (κ1) is 23.9. The average Bonchev–Trinajstić information content (AvgIpc) is 2.87. The van der Waals surface area contributed by atoms with Crippen molar-refractivity contribution in [2.75, 3.05) is 6.61 Å². The van der Waals surface area contributed by atoms with Crippen LogP contribution in [-0.4, -0.2) is 41.4 Å². The molecule has 146 valence electrons. The monoisotopic (exact) mass is 420 g/mol. The number of carboxylic acid groups (broad SMARTS) is 1. The summed E-state index contributed by atoms with van der Waals surface area (Å²) in [5.41, 5.74) is -1.29. The zero-order valence-electron chi connectivity index (χ0n) is 15.5. The van der Waals surface area contributed by atoms with Crippen LogP contribution >= 0.6 is 0 Å². The van der Waals surface area contributed by atoms with Crippen LogP contribution in [0.5, 0.6) is 6.01 Å². The van der Waals surface area contributed by atoms with Crippen LogP contribution in [0, 0.1) is 0 Å². The van der Waals surface area contributed by atoms with Crippen molar-refractivity contribution in [3.05, 3.63) is 45.9 Å². The van der Waals surface area contributed by atoms with E-state index in [1.54, 1.807) is 4.72 Å². The Bertz CT molecular complexity index is 1030. The molecule has 0 unspecified atom stereocenters. The third-order valence-electron chi connectivity index (χ3n) is 3.39. The van der Waals surface area contributed by atoms with E-state index in [1.807, 2.05) is 6.92 Å². The van der Waals surface area contributed by atoms with Crippen LogP contribution in [0.2, 0.25) is 0 Å². The molecule has 1 N–H and O–H groups in total. The van der Waals surface area contributed by atoms with E-state index in [9.17, 15) is 27.9 Å². The summed E-state index contributed by atoms with van der Waals surface area (Å²) in [7, 11) is -3.00. The molecular weight excluding hydrogens is 403 g/mol. The molecule has 0 saturated carbocycles. The number of aromatic carboxylic acids is 1. The van der Waals surface area contributed by atoms with Crippen molar-refractivity contribution in [3.8, 4) is 6.01 Å². The zero-order chi connectivity index (χ0) is 20.2. The summed E-state index contributed by atoms with van der Waals surface area (Å²) in [6.07, 6.45) is 0.638. The van der Waals surface area contributed by atoms with Gasteiger partial charge in [0.05, 0.1) is 18.3 Å². The van der Waals surface area contributed by atoms with Crippen molar-refractivity contribution in [3.63, 3.8) is 0 Å². The van der Waals surface area contributed by atoms with Gasteiger partial charge in [-0.05, 0) is 12.0 Å². The van der Waals surface area contributed by atoms with Gasteiger partial charge in [0.2, 0.25) is 10.0 Å².